The van der Waals surface area contributed by atoms with E-state index in [1.807, 2.05) is 13.0 Å². The van der Waals surface area contributed by atoms with Crippen molar-refractivity contribution < 1.29 is 19.4 Å². The van der Waals surface area contributed by atoms with Crippen LogP contribution in [0, 0.1) is 0 Å². The van der Waals surface area contributed by atoms with E-state index in [1.165, 1.54) is 11.3 Å². The Balaban J connectivity index is 2.09. The molecule has 2 unspecified atom stereocenters. The van der Waals surface area contributed by atoms with Gasteiger partial charge in [-0.1, -0.05) is 6.92 Å². The summed E-state index contributed by atoms with van der Waals surface area (Å²) in [5.41, 5.74) is 0. The van der Waals surface area contributed by atoms with Crippen LogP contribution in [0.25, 0.3) is 0 Å². The Morgan fingerprint density at radius 2 is 2.21 bits per heavy atom. The lowest BCUT2D eigenvalue weighted by atomic mass is 9.95. The number of rotatable bonds is 5. The normalized spacial score (nSPS) is 23.3. The second-order valence-electron chi connectivity index (χ2n) is 4.83. The Hall–Kier alpha value is -1.07. The van der Waals surface area contributed by atoms with Crippen molar-refractivity contribution in [2.75, 3.05) is 7.11 Å². The molecule has 1 aliphatic carbocycles. The number of carboxylic acids is 1. The molecule has 0 amide bonds. The Labute approximate surface area is 117 Å². The van der Waals surface area contributed by atoms with Gasteiger partial charge in [-0.25, -0.2) is 4.79 Å². The minimum absolute atomic E-state index is 0.0658. The number of aryl methyl sites for hydroxylation is 1. The van der Waals surface area contributed by atoms with E-state index < -0.39 is 5.97 Å². The third-order valence-electron chi connectivity index (χ3n) is 3.50. The molecule has 0 aromatic carbocycles. The van der Waals surface area contributed by atoms with Crippen molar-refractivity contribution in [3.05, 3.63) is 15.8 Å². The van der Waals surface area contributed by atoms with Crippen molar-refractivity contribution in [3.8, 4) is 5.75 Å². The van der Waals surface area contributed by atoms with Crippen LogP contribution >= 0.6 is 11.3 Å². The number of aromatic carboxylic acids is 1. The van der Waals surface area contributed by atoms with Gasteiger partial charge in [-0.15, -0.1) is 11.3 Å². The summed E-state index contributed by atoms with van der Waals surface area (Å²) in [6.45, 7) is 2.02. The van der Waals surface area contributed by atoms with Gasteiger partial charge in [-0.2, -0.15) is 0 Å². The van der Waals surface area contributed by atoms with Gasteiger partial charge in [0.1, 0.15) is 11.9 Å². The van der Waals surface area contributed by atoms with E-state index in [-0.39, 0.29) is 12.2 Å². The molecule has 1 heterocycles. The van der Waals surface area contributed by atoms with Crippen LogP contribution in [0.1, 0.15) is 47.2 Å². The van der Waals surface area contributed by atoms with Crippen molar-refractivity contribution in [2.45, 2.75) is 51.2 Å². The van der Waals surface area contributed by atoms with Crippen LogP contribution in [0.15, 0.2) is 6.07 Å². The summed E-state index contributed by atoms with van der Waals surface area (Å²) >= 11 is 1.31. The van der Waals surface area contributed by atoms with Crippen LogP contribution in [-0.2, 0) is 11.2 Å². The zero-order valence-corrected chi connectivity index (χ0v) is 12.2. The van der Waals surface area contributed by atoms with E-state index in [0.29, 0.717) is 10.6 Å². The minimum atomic E-state index is -0.904. The van der Waals surface area contributed by atoms with Crippen molar-refractivity contribution in [1.82, 2.24) is 0 Å². The van der Waals surface area contributed by atoms with Gasteiger partial charge in [-0.3, -0.25) is 0 Å². The predicted molar refractivity (Wildman–Crippen MR) is 74.3 cm³/mol. The average Bonchev–Trinajstić information content (AvgIpc) is 2.82. The fourth-order valence-electron chi connectivity index (χ4n) is 2.44. The fourth-order valence-corrected chi connectivity index (χ4v) is 3.30. The van der Waals surface area contributed by atoms with Gasteiger partial charge >= 0.3 is 5.97 Å². The molecule has 19 heavy (non-hydrogen) atoms. The standard InChI is InChI=1S/C14H20O4S/c1-3-11-8-12(13(19-11)14(15)16)18-10-6-4-5-9(7-10)17-2/h8-10H,3-7H2,1-2H3,(H,15,16). The molecule has 1 N–H and O–H groups in total. The molecule has 2 atom stereocenters. The number of carboxylic acid groups (broad SMARTS) is 1. The Morgan fingerprint density at radius 3 is 2.84 bits per heavy atom. The van der Waals surface area contributed by atoms with Gasteiger partial charge in [0.25, 0.3) is 0 Å². The lowest BCUT2D eigenvalue weighted by Crippen LogP contribution is -2.29. The highest BCUT2D eigenvalue weighted by atomic mass is 32.1. The number of hydrogen-bond donors (Lipinski definition) is 1. The Morgan fingerprint density at radius 1 is 1.47 bits per heavy atom. The zero-order chi connectivity index (χ0) is 13.8. The molecular formula is C14H20O4S. The molecule has 1 aromatic rings. The third-order valence-corrected chi connectivity index (χ3v) is 4.75. The summed E-state index contributed by atoms with van der Waals surface area (Å²) in [6.07, 6.45) is 5.07. The second kappa shape index (κ2) is 6.39. The SMILES string of the molecule is CCc1cc(OC2CCCC(OC)C2)c(C(=O)O)s1. The first kappa shape index (κ1) is 14.3. The lowest BCUT2D eigenvalue weighted by Gasteiger charge is -2.28. The first-order valence-electron chi connectivity index (χ1n) is 6.69. The number of hydrogen-bond acceptors (Lipinski definition) is 4. The van der Waals surface area contributed by atoms with E-state index in [2.05, 4.69) is 0 Å². The molecule has 5 heteroatoms. The van der Waals surface area contributed by atoms with E-state index in [9.17, 15) is 9.90 Å². The smallest absolute Gasteiger partial charge is 0.349 e. The van der Waals surface area contributed by atoms with E-state index in [0.717, 1.165) is 37.0 Å². The highest BCUT2D eigenvalue weighted by Crippen LogP contribution is 2.33. The highest BCUT2D eigenvalue weighted by Gasteiger charge is 2.25. The molecule has 1 aromatic heterocycles. The largest absolute Gasteiger partial charge is 0.489 e. The maximum absolute atomic E-state index is 11.2. The minimum Gasteiger partial charge on any atom is -0.489 e. The molecule has 0 radical (unpaired) electrons. The van der Waals surface area contributed by atoms with Crippen LogP contribution in [0.4, 0.5) is 0 Å². The number of ether oxygens (including phenoxy) is 2. The van der Waals surface area contributed by atoms with Crippen molar-refractivity contribution in [1.29, 1.82) is 0 Å². The van der Waals surface area contributed by atoms with Crippen molar-refractivity contribution >= 4 is 17.3 Å². The molecule has 4 nitrogen and oxygen atoms in total. The molecule has 0 spiro atoms. The second-order valence-corrected chi connectivity index (χ2v) is 5.97. The molecule has 1 saturated carbocycles. The summed E-state index contributed by atoms with van der Waals surface area (Å²) in [4.78, 5) is 12.6. The maximum Gasteiger partial charge on any atom is 0.349 e. The van der Waals surface area contributed by atoms with Crippen LogP contribution in [0.3, 0.4) is 0 Å². The van der Waals surface area contributed by atoms with Crippen molar-refractivity contribution in [3.63, 3.8) is 0 Å². The molecule has 0 saturated heterocycles. The molecule has 1 aliphatic rings. The topological polar surface area (TPSA) is 55.8 Å². The summed E-state index contributed by atoms with van der Waals surface area (Å²) in [6, 6.07) is 1.87. The maximum atomic E-state index is 11.2. The van der Waals surface area contributed by atoms with Gasteiger partial charge in [-0.05, 0) is 31.7 Å². The monoisotopic (exact) mass is 284 g/mol. The number of methoxy groups -OCH3 is 1. The molecule has 1 fully saturated rings. The third kappa shape index (κ3) is 3.48. The Kier molecular flexibility index (Phi) is 4.82. The van der Waals surface area contributed by atoms with E-state index in [4.69, 9.17) is 9.47 Å². The number of carbonyl (C=O) groups is 1. The molecule has 0 aliphatic heterocycles. The first-order chi connectivity index (χ1) is 9.13. The summed E-state index contributed by atoms with van der Waals surface area (Å²) in [5, 5.41) is 9.21. The van der Waals surface area contributed by atoms with E-state index >= 15 is 0 Å². The number of thiophene rings is 1. The summed E-state index contributed by atoms with van der Waals surface area (Å²) in [7, 11) is 1.72. The summed E-state index contributed by atoms with van der Waals surface area (Å²) < 4.78 is 11.3. The Bertz CT molecular complexity index is 441. The van der Waals surface area contributed by atoms with Crippen molar-refractivity contribution in [2.24, 2.45) is 0 Å². The molecule has 2 rings (SSSR count). The van der Waals surface area contributed by atoms with Gasteiger partial charge in [0.15, 0.2) is 4.88 Å². The highest BCUT2D eigenvalue weighted by molar-refractivity contribution is 7.14. The van der Waals surface area contributed by atoms with Gasteiger partial charge in [0, 0.05) is 18.4 Å². The van der Waals surface area contributed by atoms with Crippen LogP contribution in [-0.4, -0.2) is 30.4 Å². The van der Waals surface area contributed by atoms with E-state index in [1.54, 1.807) is 7.11 Å². The summed E-state index contributed by atoms with van der Waals surface area (Å²) in [5.74, 6) is -0.380. The quantitative estimate of drug-likeness (QED) is 0.901. The van der Waals surface area contributed by atoms with Crippen LogP contribution in [0.2, 0.25) is 0 Å². The van der Waals surface area contributed by atoms with Gasteiger partial charge < -0.3 is 14.6 Å². The first-order valence-corrected chi connectivity index (χ1v) is 7.51. The van der Waals surface area contributed by atoms with Gasteiger partial charge in [0.05, 0.1) is 6.10 Å². The van der Waals surface area contributed by atoms with Gasteiger partial charge in [0.2, 0.25) is 0 Å². The molecule has 106 valence electrons. The van der Waals surface area contributed by atoms with Crippen LogP contribution < -0.4 is 4.74 Å². The fraction of sp³-hybridized carbons (Fsp3) is 0.643. The zero-order valence-electron chi connectivity index (χ0n) is 11.3. The average molecular weight is 284 g/mol. The molecular weight excluding hydrogens is 264 g/mol. The van der Waals surface area contributed by atoms with Crippen LogP contribution in [0.5, 0.6) is 5.75 Å². The lowest BCUT2D eigenvalue weighted by molar-refractivity contribution is 0.0206. The molecule has 0 bridgehead atoms. The predicted octanol–water partition coefficient (Wildman–Crippen LogP) is 3.35.